The second-order valence-corrected chi connectivity index (χ2v) is 7.39. The molecule has 1 aliphatic rings. The maximum Gasteiger partial charge on any atom is 0.274 e. The van der Waals surface area contributed by atoms with Gasteiger partial charge in [-0.25, -0.2) is 8.42 Å². The predicted molar refractivity (Wildman–Crippen MR) is 76.2 cm³/mol. The van der Waals surface area contributed by atoms with Gasteiger partial charge < -0.3 is 10.6 Å². The van der Waals surface area contributed by atoms with Gasteiger partial charge in [0.1, 0.15) is 5.69 Å². The fourth-order valence-corrected chi connectivity index (χ4v) is 4.30. The molecule has 20 heavy (non-hydrogen) atoms. The minimum atomic E-state index is -3.02. The Labute approximate surface area is 118 Å². The highest BCUT2D eigenvalue weighted by Crippen LogP contribution is 2.22. The first kappa shape index (κ1) is 14.8. The third-order valence-corrected chi connectivity index (χ3v) is 5.52. The first-order chi connectivity index (χ1) is 9.26. The minimum absolute atomic E-state index is 0.0215. The highest BCUT2D eigenvalue weighted by molar-refractivity contribution is 7.91. The van der Waals surface area contributed by atoms with Crippen LogP contribution < -0.4 is 5.73 Å². The molecule has 2 heterocycles. The van der Waals surface area contributed by atoms with E-state index < -0.39 is 9.84 Å². The van der Waals surface area contributed by atoms with Crippen molar-refractivity contribution < 1.29 is 13.2 Å². The number of amides is 1. The third-order valence-electron chi connectivity index (χ3n) is 3.77. The number of nitrogens with zero attached hydrogens (tertiary/aromatic N) is 3. The minimum Gasteiger partial charge on any atom is -0.395 e. The van der Waals surface area contributed by atoms with Crippen LogP contribution in [0.3, 0.4) is 0 Å². The smallest absolute Gasteiger partial charge is 0.274 e. The van der Waals surface area contributed by atoms with Gasteiger partial charge in [-0.1, -0.05) is 6.92 Å². The molecular weight excluding hydrogens is 280 g/mol. The molecule has 2 rings (SSSR count). The van der Waals surface area contributed by atoms with E-state index in [9.17, 15) is 13.2 Å². The van der Waals surface area contributed by atoms with Gasteiger partial charge in [-0.2, -0.15) is 5.10 Å². The van der Waals surface area contributed by atoms with Crippen LogP contribution in [-0.2, 0) is 23.3 Å². The zero-order valence-corrected chi connectivity index (χ0v) is 12.8. The van der Waals surface area contributed by atoms with Crippen LogP contribution in [0.25, 0.3) is 0 Å². The molecule has 7 nitrogen and oxygen atoms in total. The summed E-state index contributed by atoms with van der Waals surface area (Å²) in [6, 6.07) is -0.285. The zero-order chi connectivity index (χ0) is 15.1. The van der Waals surface area contributed by atoms with Crippen LogP contribution >= 0.6 is 0 Å². The standard InChI is InChI=1S/C12H20N4O3S/c1-4-9-10(13)11(16(3)14-9)12(17)15(2)8-5-6-20(18,19)7-8/h8H,4-7,13H2,1-3H3. The molecule has 1 aromatic heterocycles. The Morgan fingerprint density at radius 3 is 2.65 bits per heavy atom. The second kappa shape index (κ2) is 5.08. The molecule has 1 aromatic rings. The van der Waals surface area contributed by atoms with Crippen molar-refractivity contribution in [3.8, 4) is 0 Å². The third kappa shape index (κ3) is 2.52. The molecule has 1 amide bonds. The van der Waals surface area contributed by atoms with Crippen molar-refractivity contribution in [2.75, 3.05) is 24.3 Å². The SMILES string of the molecule is CCc1nn(C)c(C(=O)N(C)C2CCS(=O)(=O)C2)c1N. The Bertz CT molecular complexity index is 635. The number of hydrogen-bond acceptors (Lipinski definition) is 5. The van der Waals surface area contributed by atoms with Gasteiger partial charge in [-0.3, -0.25) is 9.48 Å². The molecule has 8 heteroatoms. The van der Waals surface area contributed by atoms with Crippen LogP contribution in [0.5, 0.6) is 0 Å². The number of hydrogen-bond donors (Lipinski definition) is 1. The Kier molecular flexibility index (Phi) is 3.77. The van der Waals surface area contributed by atoms with E-state index in [-0.39, 0.29) is 23.5 Å². The lowest BCUT2D eigenvalue weighted by Crippen LogP contribution is -2.39. The molecule has 1 atom stereocenters. The second-order valence-electron chi connectivity index (χ2n) is 5.16. The number of aromatic nitrogens is 2. The predicted octanol–water partition coefficient (Wildman–Crippen LogP) is -0.176. The Morgan fingerprint density at radius 2 is 2.20 bits per heavy atom. The topological polar surface area (TPSA) is 98.3 Å². The van der Waals surface area contributed by atoms with E-state index in [2.05, 4.69) is 5.10 Å². The van der Waals surface area contributed by atoms with Gasteiger partial charge >= 0.3 is 0 Å². The van der Waals surface area contributed by atoms with E-state index in [0.717, 1.165) is 0 Å². The normalized spacial score (nSPS) is 21.1. The summed E-state index contributed by atoms with van der Waals surface area (Å²) in [6.45, 7) is 1.92. The van der Waals surface area contributed by atoms with Crippen molar-refractivity contribution in [1.82, 2.24) is 14.7 Å². The van der Waals surface area contributed by atoms with E-state index in [1.807, 2.05) is 6.92 Å². The first-order valence-electron chi connectivity index (χ1n) is 6.55. The van der Waals surface area contributed by atoms with E-state index >= 15 is 0 Å². The molecular formula is C12H20N4O3S. The molecule has 0 bridgehead atoms. The summed E-state index contributed by atoms with van der Waals surface area (Å²) >= 11 is 0. The Balaban J connectivity index is 2.26. The number of anilines is 1. The fourth-order valence-electron chi connectivity index (χ4n) is 2.52. The summed E-state index contributed by atoms with van der Waals surface area (Å²) in [6.07, 6.45) is 1.12. The lowest BCUT2D eigenvalue weighted by Gasteiger charge is -2.23. The monoisotopic (exact) mass is 300 g/mol. The van der Waals surface area contributed by atoms with Gasteiger partial charge in [0.05, 0.1) is 22.9 Å². The van der Waals surface area contributed by atoms with E-state index in [1.54, 1.807) is 14.1 Å². The largest absolute Gasteiger partial charge is 0.395 e. The summed E-state index contributed by atoms with van der Waals surface area (Å²) in [5, 5.41) is 4.21. The molecule has 1 unspecified atom stereocenters. The maximum atomic E-state index is 12.5. The average molecular weight is 300 g/mol. The Hall–Kier alpha value is -1.57. The highest BCUT2D eigenvalue weighted by atomic mass is 32.2. The lowest BCUT2D eigenvalue weighted by atomic mass is 10.2. The van der Waals surface area contributed by atoms with Crippen molar-refractivity contribution in [3.63, 3.8) is 0 Å². The molecule has 0 saturated carbocycles. The molecule has 1 saturated heterocycles. The van der Waals surface area contributed by atoms with Crippen LogP contribution in [-0.4, -0.2) is 53.6 Å². The van der Waals surface area contributed by atoms with Crippen molar-refractivity contribution in [2.24, 2.45) is 7.05 Å². The summed E-state index contributed by atoms with van der Waals surface area (Å²) in [4.78, 5) is 14.0. The van der Waals surface area contributed by atoms with Gasteiger partial charge in [0.2, 0.25) is 0 Å². The van der Waals surface area contributed by atoms with Crippen LogP contribution in [0, 0.1) is 0 Å². The lowest BCUT2D eigenvalue weighted by molar-refractivity contribution is 0.0737. The van der Waals surface area contributed by atoms with Crippen LogP contribution in [0.1, 0.15) is 29.5 Å². The molecule has 0 spiro atoms. The van der Waals surface area contributed by atoms with Gasteiger partial charge in [-0.15, -0.1) is 0 Å². The first-order valence-corrected chi connectivity index (χ1v) is 8.38. The quantitative estimate of drug-likeness (QED) is 0.835. The fraction of sp³-hybridized carbons (Fsp3) is 0.667. The molecule has 0 radical (unpaired) electrons. The summed E-state index contributed by atoms with van der Waals surface area (Å²) in [7, 11) is 0.262. The van der Waals surface area contributed by atoms with Crippen molar-refractivity contribution in [2.45, 2.75) is 25.8 Å². The number of sulfone groups is 1. The summed E-state index contributed by atoms with van der Waals surface area (Å²) < 4.78 is 24.5. The molecule has 2 N–H and O–H groups in total. The Morgan fingerprint density at radius 1 is 1.55 bits per heavy atom. The van der Waals surface area contributed by atoms with Crippen molar-refractivity contribution in [3.05, 3.63) is 11.4 Å². The average Bonchev–Trinajstić information content (AvgIpc) is 2.87. The van der Waals surface area contributed by atoms with Crippen molar-refractivity contribution >= 4 is 21.4 Å². The van der Waals surface area contributed by atoms with Gasteiger partial charge in [-0.05, 0) is 12.8 Å². The van der Waals surface area contributed by atoms with E-state index in [1.165, 1.54) is 9.58 Å². The maximum absolute atomic E-state index is 12.5. The van der Waals surface area contributed by atoms with Gasteiger partial charge in [0.25, 0.3) is 5.91 Å². The number of carbonyl (C=O) groups excluding carboxylic acids is 1. The van der Waals surface area contributed by atoms with Crippen LogP contribution in [0.4, 0.5) is 5.69 Å². The number of nitrogens with two attached hydrogens (primary N) is 1. The molecule has 1 aliphatic heterocycles. The number of carbonyl (C=O) groups is 1. The van der Waals surface area contributed by atoms with Crippen LogP contribution in [0.15, 0.2) is 0 Å². The number of rotatable bonds is 3. The van der Waals surface area contributed by atoms with E-state index in [4.69, 9.17) is 5.73 Å². The molecule has 1 fully saturated rings. The number of aryl methyl sites for hydroxylation is 2. The molecule has 112 valence electrons. The van der Waals surface area contributed by atoms with Gasteiger partial charge in [0.15, 0.2) is 9.84 Å². The van der Waals surface area contributed by atoms with Gasteiger partial charge in [0, 0.05) is 20.1 Å². The summed E-state index contributed by atoms with van der Waals surface area (Å²) in [5.74, 6) is -0.122. The highest BCUT2D eigenvalue weighted by Gasteiger charge is 2.34. The number of nitrogen functional groups attached to an aromatic ring is 1. The van der Waals surface area contributed by atoms with E-state index in [0.29, 0.717) is 29.9 Å². The zero-order valence-electron chi connectivity index (χ0n) is 12.0. The summed E-state index contributed by atoms with van der Waals surface area (Å²) in [5.41, 5.74) is 7.35. The van der Waals surface area contributed by atoms with Crippen LogP contribution in [0.2, 0.25) is 0 Å². The molecule has 0 aromatic carbocycles. The van der Waals surface area contributed by atoms with Crippen molar-refractivity contribution in [1.29, 1.82) is 0 Å². The molecule has 0 aliphatic carbocycles.